The summed E-state index contributed by atoms with van der Waals surface area (Å²) >= 11 is 11.7. The largest absolute Gasteiger partial charge is 0.497 e. The molecule has 0 aliphatic carbocycles. The van der Waals surface area contributed by atoms with Crippen LogP contribution in [0, 0.1) is 0 Å². The minimum Gasteiger partial charge on any atom is -0.497 e. The molecule has 0 bridgehead atoms. The lowest BCUT2D eigenvalue weighted by Gasteiger charge is -2.43. The number of alkyl halides is 2. The van der Waals surface area contributed by atoms with Crippen molar-refractivity contribution in [3.05, 3.63) is 89.5 Å². The molecular weight excluding hydrogens is 562 g/mol. The lowest BCUT2D eigenvalue weighted by atomic mass is 9.78. The second-order valence-electron chi connectivity index (χ2n) is 8.80. The molecule has 11 heteroatoms. The van der Waals surface area contributed by atoms with Crippen molar-refractivity contribution in [3.8, 4) is 17.2 Å². The summed E-state index contributed by atoms with van der Waals surface area (Å²) in [5.74, 6) is 2.09. The van der Waals surface area contributed by atoms with Gasteiger partial charge in [-0.05, 0) is 17.2 Å². The first-order chi connectivity index (χ1) is 18.9. The van der Waals surface area contributed by atoms with Crippen LogP contribution in [0.5, 0.6) is 17.2 Å². The maximum atomic E-state index is 13.1. The molecule has 3 aromatic carbocycles. The highest BCUT2D eigenvalue weighted by atomic mass is 35.5. The van der Waals surface area contributed by atoms with E-state index < -0.39 is 19.6 Å². The fourth-order valence-electron chi connectivity index (χ4n) is 4.67. The van der Waals surface area contributed by atoms with Gasteiger partial charge in [0.05, 0.1) is 20.8 Å². The minimum atomic E-state index is -3.63. The summed E-state index contributed by atoms with van der Waals surface area (Å²) in [5.41, 5.74) is 7.50. The van der Waals surface area contributed by atoms with Crippen LogP contribution >= 0.6 is 30.9 Å². The van der Waals surface area contributed by atoms with Gasteiger partial charge in [0.2, 0.25) is 6.29 Å². The average Bonchev–Trinajstić information content (AvgIpc) is 2.97. The molecule has 39 heavy (non-hydrogen) atoms. The van der Waals surface area contributed by atoms with Crippen molar-refractivity contribution in [1.29, 1.82) is 0 Å². The molecule has 1 aliphatic heterocycles. The third-order valence-corrected chi connectivity index (χ3v) is 8.57. The maximum Gasteiger partial charge on any atom is 0.340 e. The van der Waals surface area contributed by atoms with E-state index in [4.69, 9.17) is 52.2 Å². The molecule has 3 aromatic rings. The molecule has 0 saturated heterocycles. The topological polar surface area (TPSA) is 92.5 Å². The molecule has 0 saturated carbocycles. The van der Waals surface area contributed by atoms with Crippen molar-refractivity contribution in [1.82, 2.24) is 4.67 Å². The molecule has 0 radical (unpaired) electrons. The smallest absolute Gasteiger partial charge is 0.340 e. The predicted molar refractivity (Wildman–Crippen MR) is 153 cm³/mol. The number of fused-ring (bicyclic) bond motifs is 1. The van der Waals surface area contributed by atoms with Gasteiger partial charge in [0, 0.05) is 42.9 Å². The van der Waals surface area contributed by atoms with E-state index in [1.165, 1.54) is 4.67 Å². The van der Waals surface area contributed by atoms with Crippen molar-refractivity contribution in [2.24, 2.45) is 5.50 Å². The molecule has 8 nitrogen and oxygen atoms in total. The molecule has 0 amide bonds. The molecule has 0 fully saturated rings. The second-order valence-corrected chi connectivity index (χ2v) is 11.5. The number of hydrogen-bond acceptors (Lipinski definition) is 6. The molecule has 1 aliphatic rings. The summed E-state index contributed by atoms with van der Waals surface area (Å²) in [6.07, 6.45) is -0.568. The highest BCUT2D eigenvalue weighted by Crippen LogP contribution is 2.53. The summed E-state index contributed by atoms with van der Waals surface area (Å²) in [6.45, 7) is 0.582. The van der Waals surface area contributed by atoms with Gasteiger partial charge in [-0.1, -0.05) is 60.7 Å². The Morgan fingerprint density at radius 3 is 2.05 bits per heavy atom. The number of methoxy groups -OCH3 is 2. The molecular formula is C28H33Cl2N2O6P. The van der Waals surface area contributed by atoms with Crippen LogP contribution in [-0.2, 0) is 19.4 Å². The van der Waals surface area contributed by atoms with Crippen molar-refractivity contribution >= 4 is 30.9 Å². The Morgan fingerprint density at radius 2 is 1.54 bits per heavy atom. The summed E-state index contributed by atoms with van der Waals surface area (Å²) in [6, 6.07) is 23.4. The van der Waals surface area contributed by atoms with E-state index in [1.54, 1.807) is 20.3 Å². The van der Waals surface area contributed by atoms with Crippen LogP contribution in [0.2, 0.25) is 0 Å². The van der Waals surface area contributed by atoms with E-state index in [0.717, 1.165) is 16.7 Å². The van der Waals surface area contributed by atoms with E-state index in [1.807, 2.05) is 66.7 Å². The van der Waals surface area contributed by atoms with Gasteiger partial charge in [-0.25, -0.2) is 10.2 Å². The first-order valence-electron chi connectivity index (χ1n) is 12.5. The Balaban J connectivity index is 1.75. The van der Waals surface area contributed by atoms with Gasteiger partial charge in [-0.2, -0.15) is 0 Å². The van der Waals surface area contributed by atoms with Gasteiger partial charge < -0.3 is 23.5 Å². The van der Waals surface area contributed by atoms with Crippen LogP contribution in [0.1, 0.15) is 23.1 Å². The molecule has 210 valence electrons. The Kier molecular flexibility index (Phi) is 10.2. The fourth-order valence-corrected chi connectivity index (χ4v) is 6.60. The SMILES string of the molecule is COc1cc(OC)c2c(c1)C(c1ccccc1)(c1ccccc1)OC(CCOP(N)(=O)N(CCCl)CCCl)O2. The summed E-state index contributed by atoms with van der Waals surface area (Å²) in [4.78, 5) is 0. The quantitative estimate of drug-likeness (QED) is 0.191. The normalized spacial score (nSPS) is 17.6. The lowest BCUT2D eigenvalue weighted by Crippen LogP contribution is -2.44. The van der Waals surface area contributed by atoms with Crippen LogP contribution in [0.25, 0.3) is 0 Å². The number of ether oxygens (including phenoxy) is 4. The fraction of sp³-hybridized carbons (Fsp3) is 0.357. The third kappa shape index (κ3) is 6.39. The molecule has 1 heterocycles. The zero-order chi connectivity index (χ0) is 27.9. The Labute approximate surface area is 239 Å². The lowest BCUT2D eigenvalue weighted by molar-refractivity contribution is -0.169. The molecule has 0 spiro atoms. The Bertz CT molecular complexity index is 1220. The highest BCUT2D eigenvalue weighted by Gasteiger charge is 2.47. The van der Waals surface area contributed by atoms with Crippen molar-refractivity contribution < 1.29 is 28.0 Å². The zero-order valence-corrected chi connectivity index (χ0v) is 24.3. The molecule has 4 rings (SSSR count). The first-order valence-corrected chi connectivity index (χ1v) is 15.2. The summed E-state index contributed by atoms with van der Waals surface area (Å²) in [7, 11) is -0.458. The Morgan fingerprint density at radius 1 is 0.949 bits per heavy atom. The van der Waals surface area contributed by atoms with Crippen LogP contribution in [0.3, 0.4) is 0 Å². The number of benzene rings is 3. The van der Waals surface area contributed by atoms with Gasteiger partial charge in [0.15, 0.2) is 17.1 Å². The van der Waals surface area contributed by atoms with Crippen molar-refractivity contribution in [3.63, 3.8) is 0 Å². The van der Waals surface area contributed by atoms with Gasteiger partial charge in [-0.15, -0.1) is 23.2 Å². The van der Waals surface area contributed by atoms with E-state index >= 15 is 0 Å². The third-order valence-electron chi connectivity index (χ3n) is 6.49. The summed E-state index contributed by atoms with van der Waals surface area (Å²) in [5, 5.41) is 0. The first kappa shape index (κ1) is 29.7. The standard InChI is InChI=1S/C28H33Cl2N2O6P/c1-34-23-19-24-27(25(20-23)35-2)37-26(13-18-36-39(31,33)32(16-14-29)17-15-30)38-28(24,21-9-5-3-6-10-21)22-11-7-4-8-12-22/h3-12,19-20,26H,13-18H2,1-2H3,(H2,31,33). The minimum absolute atomic E-state index is 0.00692. The number of halogens is 2. The van der Waals surface area contributed by atoms with Gasteiger partial charge in [0.1, 0.15) is 5.75 Å². The van der Waals surface area contributed by atoms with Gasteiger partial charge in [-0.3, -0.25) is 4.57 Å². The zero-order valence-electron chi connectivity index (χ0n) is 21.9. The van der Waals surface area contributed by atoms with Crippen molar-refractivity contribution in [2.75, 3.05) is 45.7 Å². The van der Waals surface area contributed by atoms with E-state index in [2.05, 4.69) is 0 Å². The van der Waals surface area contributed by atoms with Crippen LogP contribution < -0.4 is 19.7 Å². The predicted octanol–water partition coefficient (Wildman–Crippen LogP) is 5.98. The number of hydrogen-bond donors (Lipinski definition) is 1. The van der Waals surface area contributed by atoms with Crippen LogP contribution in [-0.4, -0.2) is 56.6 Å². The molecule has 2 atom stereocenters. The van der Waals surface area contributed by atoms with Gasteiger partial charge in [0.25, 0.3) is 0 Å². The van der Waals surface area contributed by atoms with E-state index in [9.17, 15) is 4.57 Å². The number of rotatable bonds is 13. The average molecular weight is 595 g/mol. The number of nitrogens with two attached hydrogens (primary N) is 1. The van der Waals surface area contributed by atoms with E-state index in [0.29, 0.717) is 17.2 Å². The Hall–Kier alpha value is -2.29. The maximum absolute atomic E-state index is 13.1. The summed E-state index contributed by atoms with van der Waals surface area (Å²) < 4.78 is 44.8. The molecule has 2 N–H and O–H groups in total. The monoisotopic (exact) mass is 594 g/mol. The molecule has 0 aromatic heterocycles. The van der Waals surface area contributed by atoms with E-state index in [-0.39, 0.29) is 37.9 Å². The number of nitrogens with zero attached hydrogens (tertiary/aromatic N) is 1. The second kappa shape index (κ2) is 13.4. The van der Waals surface area contributed by atoms with Gasteiger partial charge >= 0.3 is 7.67 Å². The van der Waals surface area contributed by atoms with Crippen LogP contribution in [0.15, 0.2) is 72.8 Å². The molecule has 2 unspecified atom stereocenters. The van der Waals surface area contributed by atoms with Crippen molar-refractivity contribution in [2.45, 2.75) is 18.3 Å². The highest BCUT2D eigenvalue weighted by molar-refractivity contribution is 7.53. The van der Waals surface area contributed by atoms with Crippen LogP contribution in [0.4, 0.5) is 0 Å².